The van der Waals surface area contributed by atoms with Gasteiger partial charge < -0.3 is 29.7 Å². The molecular formula is C22H40N4O3. The highest BCUT2D eigenvalue weighted by molar-refractivity contribution is 5.79. The van der Waals surface area contributed by atoms with E-state index in [4.69, 9.17) is 14.2 Å². The summed E-state index contributed by atoms with van der Waals surface area (Å²) in [5.41, 5.74) is 1.01. The van der Waals surface area contributed by atoms with Crippen LogP contribution in [0.2, 0.25) is 0 Å². The lowest BCUT2D eigenvalue weighted by Gasteiger charge is -2.21. The van der Waals surface area contributed by atoms with Crippen LogP contribution in [-0.4, -0.2) is 71.5 Å². The molecule has 0 aliphatic heterocycles. The fraction of sp³-hybridized carbons (Fsp3) is 0.682. The van der Waals surface area contributed by atoms with Gasteiger partial charge in [-0.2, -0.15) is 0 Å². The zero-order chi connectivity index (χ0) is 21.6. The van der Waals surface area contributed by atoms with E-state index in [1.807, 2.05) is 12.1 Å². The maximum Gasteiger partial charge on any atom is 0.191 e. The smallest absolute Gasteiger partial charge is 0.191 e. The minimum atomic E-state index is 0.363. The number of guanidine groups is 1. The second-order valence-electron chi connectivity index (χ2n) is 6.97. The number of hydrogen-bond donors (Lipinski definition) is 2. The third kappa shape index (κ3) is 8.40. The third-order valence-electron chi connectivity index (χ3n) is 5.10. The Bertz CT molecular complexity index is 593. The van der Waals surface area contributed by atoms with Crippen LogP contribution in [-0.2, 0) is 6.42 Å². The highest BCUT2D eigenvalue weighted by atomic mass is 16.5. The Morgan fingerprint density at radius 1 is 1.07 bits per heavy atom. The molecule has 1 atom stereocenters. The summed E-state index contributed by atoms with van der Waals surface area (Å²) in [6.07, 6.45) is 3.03. The van der Waals surface area contributed by atoms with E-state index in [1.54, 1.807) is 28.4 Å². The first-order chi connectivity index (χ1) is 14.0. The summed E-state index contributed by atoms with van der Waals surface area (Å²) in [5.74, 6) is 3.05. The van der Waals surface area contributed by atoms with E-state index in [0.29, 0.717) is 18.3 Å². The van der Waals surface area contributed by atoms with Gasteiger partial charge >= 0.3 is 0 Å². The molecule has 0 radical (unpaired) electrons. The van der Waals surface area contributed by atoms with Gasteiger partial charge in [-0.1, -0.05) is 13.8 Å². The zero-order valence-electron chi connectivity index (χ0n) is 19.3. The van der Waals surface area contributed by atoms with Gasteiger partial charge in [-0.05, 0) is 45.8 Å². The number of methoxy groups -OCH3 is 3. The van der Waals surface area contributed by atoms with E-state index >= 15 is 0 Å². The Balaban J connectivity index is 2.55. The fourth-order valence-electron chi connectivity index (χ4n) is 3.29. The quantitative estimate of drug-likeness (QED) is 0.386. The van der Waals surface area contributed by atoms with Crippen molar-refractivity contribution in [2.75, 3.05) is 54.6 Å². The largest absolute Gasteiger partial charge is 0.496 e. The summed E-state index contributed by atoms with van der Waals surface area (Å²) in [4.78, 5) is 6.80. The molecule has 0 heterocycles. The molecule has 0 aromatic heterocycles. The second kappa shape index (κ2) is 13.9. The van der Waals surface area contributed by atoms with E-state index in [2.05, 4.69) is 41.3 Å². The molecule has 0 spiro atoms. The van der Waals surface area contributed by atoms with Crippen molar-refractivity contribution in [3.8, 4) is 17.2 Å². The Morgan fingerprint density at radius 2 is 1.69 bits per heavy atom. The average Bonchev–Trinajstić information content (AvgIpc) is 2.75. The molecule has 0 aliphatic rings. The normalized spacial score (nSPS) is 12.6. The van der Waals surface area contributed by atoms with Gasteiger partial charge in [0.25, 0.3) is 0 Å². The summed E-state index contributed by atoms with van der Waals surface area (Å²) >= 11 is 0. The van der Waals surface area contributed by atoms with Gasteiger partial charge in [0.15, 0.2) is 5.96 Å². The molecule has 0 amide bonds. The van der Waals surface area contributed by atoms with E-state index < -0.39 is 0 Å². The Labute approximate surface area is 176 Å². The molecule has 1 aromatic rings. The van der Waals surface area contributed by atoms with Crippen LogP contribution in [0, 0.1) is 0 Å². The van der Waals surface area contributed by atoms with E-state index in [0.717, 1.165) is 55.5 Å². The van der Waals surface area contributed by atoms with E-state index in [9.17, 15) is 0 Å². The second-order valence-corrected chi connectivity index (χ2v) is 6.97. The number of hydrogen-bond acceptors (Lipinski definition) is 5. The molecule has 7 nitrogen and oxygen atoms in total. The maximum absolute atomic E-state index is 5.52. The summed E-state index contributed by atoms with van der Waals surface area (Å²) < 4.78 is 16.4. The molecule has 2 N–H and O–H groups in total. The fourth-order valence-corrected chi connectivity index (χ4v) is 3.29. The highest BCUT2D eigenvalue weighted by Gasteiger charge is 2.13. The molecule has 0 fully saturated rings. The van der Waals surface area contributed by atoms with Crippen LogP contribution in [0.5, 0.6) is 17.2 Å². The molecule has 1 rings (SSSR count). The first-order valence-electron chi connectivity index (χ1n) is 10.5. The van der Waals surface area contributed by atoms with Crippen molar-refractivity contribution in [3.05, 3.63) is 17.7 Å². The van der Waals surface area contributed by atoms with Crippen molar-refractivity contribution in [3.63, 3.8) is 0 Å². The van der Waals surface area contributed by atoms with E-state index in [1.165, 1.54) is 6.42 Å². The number of nitrogens with zero attached hydrogens (tertiary/aromatic N) is 2. The van der Waals surface area contributed by atoms with Crippen molar-refractivity contribution in [1.29, 1.82) is 0 Å². The molecule has 166 valence electrons. The Morgan fingerprint density at radius 3 is 2.17 bits per heavy atom. The van der Waals surface area contributed by atoms with E-state index in [-0.39, 0.29) is 0 Å². The lowest BCUT2D eigenvalue weighted by Crippen LogP contribution is -2.43. The van der Waals surface area contributed by atoms with Gasteiger partial charge in [0.05, 0.1) is 21.3 Å². The van der Waals surface area contributed by atoms with Crippen LogP contribution in [0.4, 0.5) is 0 Å². The molecule has 0 bridgehead atoms. The molecule has 0 saturated heterocycles. The van der Waals surface area contributed by atoms with Crippen LogP contribution in [0.1, 0.15) is 39.2 Å². The summed E-state index contributed by atoms with van der Waals surface area (Å²) in [6, 6.07) is 4.12. The van der Waals surface area contributed by atoms with Crippen molar-refractivity contribution in [2.24, 2.45) is 4.99 Å². The monoisotopic (exact) mass is 408 g/mol. The predicted octanol–water partition coefficient (Wildman–Crippen LogP) is 2.93. The average molecular weight is 409 g/mol. The Kier molecular flexibility index (Phi) is 12.0. The first-order valence-corrected chi connectivity index (χ1v) is 10.5. The number of aliphatic imine (C=N–C) groups is 1. The third-order valence-corrected chi connectivity index (χ3v) is 5.10. The van der Waals surface area contributed by atoms with Gasteiger partial charge in [0, 0.05) is 37.3 Å². The predicted molar refractivity (Wildman–Crippen MR) is 121 cm³/mol. The van der Waals surface area contributed by atoms with Crippen molar-refractivity contribution < 1.29 is 14.2 Å². The van der Waals surface area contributed by atoms with Gasteiger partial charge in [-0.15, -0.1) is 0 Å². The van der Waals surface area contributed by atoms with Gasteiger partial charge in [0.1, 0.15) is 17.2 Å². The standard InChI is InChI=1S/C22H40N4O3/c1-8-26(9-2)14-10-11-17(3)25-22(23-4)24-13-12-19-20(28-6)15-18(27-5)16-21(19)29-7/h15-17H,8-14H2,1-7H3,(H2,23,24,25). The van der Waals surface area contributed by atoms with Crippen molar-refractivity contribution >= 4 is 5.96 Å². The first kappa shape index (κ1) is 24.9. The van der Waals surface area contributed by atoms with Crippen molar-refractivity contribution in [1.82, 2.24) is 15.5 Å². The molecule has 1 aromatic carbocycles. The Hall–Kier alpha value is -2.15. The molecule has 0 aliphatic carbocycles. The van der Waals surface area contributed by atoms with Crippen LogP contribution in [0.3, 0.4) is 0 Å². The van der Waals surface area contributed by atoms with Crippen LogP contribution in [0.15, 0.2) is 17.1 Å². The van der Waals surface area contributed by atoms with Gasteiger partial charge in [0.2, 0.25) is 0 Å². The minimum absolute atomic E-state index is 0.363. The lowest BCUT2D eigenvalue weighted by molar-refractivity contribution is 0.292. The molecular weight excluding hydrogens is 368 g/mol. The van der Waals surface area contributed by atoms with Crippen LogP contribution in [0.25, 0.3) is 0 Å². The molecule has 1 unspecified atom stereocenters. The zero-order valence-corrected chi connectivity index (χ0v) is 19.3. The molecule has 7 heteroatoms. The summed E-state index contributed by atoms with van der Waals surface area (Å²) in [7, 11) is 6.75. The number of benzene rings is 1. The maximum atomic E-state index is 5.52. The van der Waals surface area contributed by atoms with Crippen LogP contribution < -0.4 is 24.8 Å². The topological polar surface area (TPSA) is 67.4 Å². The molecule has 29 heavy (non-hydrogen) atoms. The van der Waals surface area contributed by atoms with Gasteiger partial charge in [-0.25, -0.2) is 0 Å². The summed E-state index contributed by atoms with van der Waals surface area (Å²) in [6.45, 7) is 10.7. The highest BCUT2D eigenvalue weighted by Crippen LogP contribution is 2.34. The minimum Gasteiger partial charge on any atom is -0.496 e. The number of nitrogens with one attached hydrogen (secondary N) is 2. The van der Waals surface area contributed by atoms with Gasteiger partial charge in [-0.3, -0.25) is 4.99 Å². The van der Waals surface area contributed by atoms with Crippen molar-refractivity contribution in [2.45, 2.75) is 46.1 Å². The molecule has 0 saturated carbocycles. The lowest BCUT2D eigenvalue weighted by atomic mass is 10.1. The van der Waals surface area contributed by atoms with Crippen LogP contribution >= 0.6 is 0 Å². The summed E-state index contributed by atoms with van der Waals surface area (Å²) in [5, 5.41) is 6.86. The number of ether oxygens (including phenoxy) is 3. The number of rotatable bonds is 13. The SMILES string of the molecule is CCN(CC)CCCC(C)NC(=NC)NCCc1c(OC)cc(OC)cc1OC.